The second-order valence-corrected chi connectivity index (χ2v) is 4.12. The molecule has 1 N–H and O–H groups in total. The topological polar surface area (TPSA) is 73.9 Å². The van der Waals surface area contributed by atoms with E-state index >= 15 is 0 Å². The van der Waals surface area contributed by atoms with Crippen LogP contribution in [-0.4, -0.2) is 43.5 Å². The summed E-state index contributed by atoms with van der Waals surface area (Å²) in [4.78, 5) is 22.1. The lowest BCUT2D eigenvalue weighted by Crippen LogP contribution is -2.56. The van der Waals surface area contributed by atoms with Gasteiger partial charge in [0.1, 0.15) is 6.10 Å². The van der Waals surface area contributed by atoms with E-state index in [4.69, 9.17) is 14.2 Å². The fraction of sp³-hybridized carbons (Fsp3) is 0.818. The van der Waals surface area contributed by atoms with Crippen LogP contribution in [0.25, 0.3) is 0 Å². The van der Waals surface area contributed by atoms with E-state index in [9.17, 15) is 9.59 Å². The van der Waals surface area contributed by atoms with Gasteiger partial charge in [-0.15, -0.1) is 0 Å². The largest absolute Gasteiger partial charge is 0.458 e. The Morgan fingerprint density at radius 2 is 2.00 bits per heavy atom. The van der Waals surface area contributed by atoms with Crippen LogP contribution in [0, 0.1) is 0 Å². The molecule has 1 fully saturated rings. The Hall–Kier alpha value is -1.14. The van der Waals surface area contributed by atoms with Gasteiger partial charge in [-0.1, -0.05) is 0 Å². The average molecular weight is 245 g/mol. The zero-order valence-electron chi connectivity index (χ0n) is 10.6. The van der Waals surface area contributed by atoms with Crippen LogP contribution < -0.4 is 5.32 Å². The van der Waals surface area contributed by atoms with E-state index in [1.807, 2.05) is 0 Å². The van der Waals surface area contributed by atoms with Crippen molar-refractivity contribution in [3.05, 3.63) is 0 Å². The van der Waals surface area contributed by atoms with Crippen LogP contribution >= 0.6 is 0 Å². The van der Waals surface area contributed by atoms with Gasteiger partial charge in [-0.3, -0.25) is 9.59 Å². The molecule has 6 nitrogen and oxygen atoms in total. The number of esters is 1. The fourth-order valence-electron chi connectivity index (χ4n) is 1.96. The Bertz CT molecular complexity index is 294. The van der Waals surface area contributed by atoms with Crippen LogP contribution in [0.1, 0.15) is 27.2 Å². The maximum absolute atomic E-state index is 11.1. The quantitative estimate of drug-likeness (QED) is 0.719. The number of carbonyl (C=O) groups is 2. The molecule has 0 aromatic heterocycles. The first-order chi connectivity index (χ1) is 7.93. The van der Waals surface area contributed by atoms with Crippen molar-refractivity contribution in [1.82, 2.24) is 5.32 Å². The van der Waals surface area contributed by atoms with Gasteiger partial charge in [-0.05, 0) is 6.92 Å². The van der Waals surface area contributed by atoms with Crippen molar-refractivity contribution in [2.75, 3.05) is 7.11 Å². The lowest BCUT2D eigenvalue weighted by atomic mass is 9.99. The lowest BCUT2D eigenvalue weighted by Gasteiger charge is -2.39. The number of hydrogen-bond donors (Lipinski definition) is 1. The standard InChI is InChI=1S/C11H19NO5/c1-6-11(17-8(3)14)9(12-7(2)13)5-10(15-4)16-6/h6,9-11H,5H2,1-4H3,(H,12,13)/t6-,9-,10+,11+/m0/s1. The molecule has 0 spiro atoms. The third-order valence-corrected chi connectivity index (χ3v) is 2.63. The first-order valence-corrected chi connectivity index (χ1v) is 5.56. The monoisotopic (exact) mass is 245 g/mol. The summed E-state index contributed by atoms with van der Waals surface area (Å²) in [5.41, 5.74) is 0. The minimum atomic E-state index is -0.484. The molecule has 0 unspecified atom stereocenters. The van der Waals surface area contributed by atoms with E-state index in [0.29, 0.717) is 6.42 Å². The van der Waals surface area contributed by atoms with Crippen molar-refractivity contribution in [3.63, 3.8) is 0 Å². The summed E-state index contributed by atoms with van der Waals surface area (Å²) in [6.07, 6.45) is -0.746. The Balaban J connectivity index is 2.74. The number of amides is 1. The van der Waals surface area contributed by atoms with Gasteiger partial charge in [0.05, 0.1) is 12.1 Å². The number of rotatable bonds is 3. The van der Waals surface area contributed by atoms with Crippen molar-refractivity contribution in [3.8, 4) is 0 Å². The predicted molar refractivity (Wildman–Crippen MR) is 59.1 cm³/mol. The maximum atomic E-state index is 11.1. The third-order valence-electron chi connectivity index (χ3n) is 2.63. The number of hydrogen-bond acceptors (Lipinski definition) is 5. The minimum absolute atomic E-state index is 0.170. The second-order valence-electron chi connectivity index (χ2n) is 4.12. The van der Waals surface area contributed by atoms with Crippen molar-refractivity contribution in [2.24, 2.45) is 0 Å². The average Bonchev–Trinajstić information content (AvgIpc) is 2.21. The van der Waals surface area contributed by atoms with E-state index in [0.717, 1.165) is 0 Å². The first kappa shape index (κ1) is 13.9. The summed E-state index contributed by atoms with van der Waals surface area (Å²) in [6.45, 7) is 4.54. The van der Waals surface area contributed by atoms with Crippen molar-refractivity contribution in [2.45, 2.75) is 51.7 Å². The highest BCUT2D eigenvalue weighted by Crippen LogP contribution is 2.23. The Morgan fingerprint density at radius 1 is 1.35 bits per heavy atom. The number of nitrogens with one attached hydrogen (secondary N) is 1. The molecule has 0 aromatic rings. The Morgan fingerprint density at radius 3 is 2.47 bits per heavy atom. The molecule has 1 amide bonds. The molecule has 98 valence electrons. The summed E-state index contributed by atoms with van der Waals surface area (Å²) in [5, 5.41) is 2.76. The molecule has 0 saturated carbocycles. The van der Waals surface area contributed by atoms with Crippen molar-refractivity contribution in [1.29, 1.82) is 0 Å². The molecule has 6 heteroatoms. The number of methoxy groups -OCH3 is 1. The van der Waals surface area contributed by atoms with Crippen LogP contribution in [0.5, 0.6) is 0 Å². The summed E-state index contributed by atoms with van der Waals surface area (Å²) < 4.78 is 15.8. The summed E-state index contributed by atoms with van der Waals surface area (Å²) >= 11 is 0. The molecule has 0 aliphatic carbocycles. The van der Waals surface area contributed by atoms with E-state index in [2.05, 4.69) is 5.32 Å². The van der Waals surface area contributed by atoms with Gasteiger partial charge in [0.2, 0.25) is 5.91 Å². The summed E-state index contributed by atoms with van der Waals surface area (Å²) in [5.74, 6) is -0.562. The summed E-state index contributed by atoms with van der Waals surface area (Å²) in [7, 11) is 1.54. The molecule has 1 aliphatic rings. The van der Waals surface area contributed by atoms with Gasteiger partial charge in [-0.25, -0.2) is 0 Å². The van der Waals surface area contributed by atoms with Crippen molar-refractivity contribution < 1.29 is 23.8 Å². The number of ether oxygens (including phenoxy) is 3. The van der Waals surface area contributed by atoms with Gasteiger partial charge in [0, 0.05) is 27.4 Å². The van der Waals surface area contributed by atoms with Crippen LogP contribution in [0.2, 0.25) is 0 Å². The second kappa shape index (κ2) is 5.97. The molecule has 1 heterocycles. The number of carbonyl (C=O) groups excluding carboxylic acids is 2. The molecule has 4 atom stereocenters. The summed E-state index contributed by atoms with van der Waals surface area (Å²) in [6, 6.07) is -0.287. The molecule has 17 heavy (non-hydrogen) atoms. The van der Waals surface area contributed by atoms with Gasteiger partial charge < -0.3 is 19.5 Å². The first-order valence-electron chi connectivity index (χ1n) is 5.56. The molecule has 1 saturated heterocycles. The van der Waals surface area contributed by atoms with Crippen LogP contribution in [-0.2, 0) is 23.8 Å². The third kappa shape index (κ3) is 3.98. The molecule has 0 aromatic carbocycles. The molecule has 1 rings (SSSR count). The zero-order chi connectivity index (χ0) is 13.0. The SMILES string of the molecule is CO[C@H]1C[C@H](NC(C)=O)[C@H](OC(C)=O)[C@H](C)O1. The molecule has 1 aliphatic heterocycles. The highest BCUT2D eigenvalue weighted by Gasteiger charge is 2.39. The van der Waals surface area contributed by atoms with Gasteiger partial charge in [-0.2, -0.15) is 0 Å². The minimum Gasteiger partial charge on any atom is -0.458 e. The van der Waals surface area contributed by atoms with Crippen LogP contribution in [0.4, 0.5) is 0 Å². The lowest BCUT2D eigenvalue weighted by molar-refractivity contribution is -0.223. The smallest absolute Gasteiger partial charge is 0.303 e. The molecule has 0 bridgehead atoms. The van der Waals surface area contributed by atoms with Gasteiger partial charge in [0.25, 0.3) is 0 Å². The van der Waals surface area contributed by atoms with Gasteiger partial charge in [0.15, 0.2) is 6.29 Å². The zero-order valence-corrected chi connectivity index (χ0v) is 10.6. The predicted octanol–water partition coefficient (Wildman–Crippen LogP) is 0.204. The molecular weight excluding hydrogens is 226 g/mol. The van der Waals surface area contributed by atoms with E-state index in [1.165, 1.54) is 21.0 Å². The van der Waals surface area contributed by atoms with Gasteiger partial charge >= 0.3 is 5.97 Å². The maximum Gasteiger partial charge on any atom is 0.303 e. The van der Waals surface area contributed by atoms with Crippen LogP contribution in [0.15, 0.2) is 0 Å². The highest BCUT2D eigenvalue weighted by atomic mass is 16.7. The fourth-order valence-corrected chi connectivity index (χ4v) is 1.96. The van der Waals surface area contributed by atoms with Crippen molar-refractivity contribution >= 4 is 11.9 Å². The van der Waals surface area contributed by atoms with E-state index in [1.54, 1.807) is 6.92 Å². The normalized spacial score (nSPS) is 32.9. The molecule has 0 radical (unpaired) electrons. The van der Waals surface area contributed by atoms with Crippen LogP contribution in [0.3, 0.4) is 0 Å². The Labute approximate surface area is 101 Å². The Kier molecular flexibility index (Phi) is 4.89. The molecular formula is C11H19NO5. The highest BCUT2D eigenvalue weighted by molar-refractivity contribution is 5.73. The van der Waals surface area contributed by atoms with E-state index < -0.39 is 18.4 Å². The van der Waals surface area contributed by atoms with E-state index in [-0.39, 0.29) is 18.1 Å².